The van der Waals surface area contributed by atoms with Crippen LogP contribution in [0, 0.1) is 18.8 Å². The Balaban J connectivity index is 2.13. The number of amides is 1. The molecule has 4 nitrogen and oxygen atoms in total. The van der Waals surface area contributed by atoms with Crippen molar-refractivity contribution in [3.8, 4) is 11.8 Å². The normalized spacial score (nSPS) is 18.0. The average molecular weight is 273 g/mol. The van der Waals surface area contributed by atoms with Gasteiger partial charge in [0.2, 0.25) is 0 Å². The first kappa shape index (κ1) is 14.6. The highest BCUT2D eigenvalue weighted by molar-refractivity contribution is 5.95. The summed E-state index contributed by atoms with van der Waals surface area (Å²) in [4.78, 5) is 12.1. The van der Waals surface area contributed by atoms with E-state index in [9.17, 15) is 4.79 Å². The zero-order chi connectivity index (χ0) is 14.4. The van der Waals surface area contributed by atoms with Crippen LogP contribution in [0.1, 0.15) is 30.4 Å². The number of aliphatic hydroxyl groups excluding tert-OH is 1. The smallest absolute Gasteiger partial charge is 0.253 e. The summed E-state index contributed by atoms with van der Waals surface area (Å²) in [6.45, 7) is 2.40. The average Bonchev–Trinajstić information content (AvgIpc) is 2.48. The van der Waals surface area contributed by atoms with Gasteiger partial charge in [-0.3, -0.25) is 4.79 Å². The third-order valence-electron chi connectivity index (χ3n) is 3.21. The Hall–Kier alpha value is -1.83. The van der Waals surface area contributed by atoms with Gasteiger partial charge >= 0.3 is 0 Å². The molecule has 1 aliphatic heterocycles. The van der Waals surface area contributed by atoms with Crippen LogP contribution < -0.4 is 5.32 Å². The largest absolute Gasteiger partial charge is 0.384 e. The molecule has 1 aliphatic rings. The number of aliphatic hydroxyl groups is 1. The lowest BCUT2D eigenvalue weighted by Crippen LogP contribution is -2.33. The van der Waals surface area contributed by atoms with E-state index in [4.69, 9.17) is 9.84 Å². The number of carbonyl (C=O) groups is 1. The van der Waals surface area contributed by atoms with E-state index >= 15 is 0 Å². The van der Waals surface area contributed by atoms with Crippen molar-refractivity contribution in [2.45, 2.75) is 32.3 Å². The van der Waals surface area contributed by atoms with Gasteiger partial charge in [0, 0.05) is 12.2 Å². The number of anilines is 1. The molecule has 0 saturated carbocycles. The predicted octanol–water partition coefficient (Wildman–Crippen LogP) is 1.85. The lowest BCUT2D eigenvalue weighted by Gasteiger charge is -2.22. The standard InChI is InChI=1S/C16H19NO3/c1-12-7-8-14(13(11-12)5-4-9-18)17-16(19)15-6-2-3-10-20-15/h7-8,11,15,18H,2-3,6,9-10H2,1H3,(H,17,19). The molecule has 2 N–H and O–H groups in total. The Morgan fingerprint density at radius 3 is 3.05 bits per heavy atom. The summed E-state index contributed by atoms with van der Waals surface area (Å²) in [6, 6.07) is 5.64. The summed E-state index contributed by atoms with van der Waals surface area (Å²) in [5, 5.41) is 11.7. The highest BCUT2D eigenvalue weighted by Gasteiger charge is 2.22. The number of hydrogen-bond acceptors (Lipinski definition) is 3. The maximum atomic E-state index is 12.1. The first-order valence-electron chi connectivity index (χ1n) is 6.83. The summed E-state index contributed by atoms with van der Waals surface area (Å²) >= 11 is 0. The Labute approximate surface area is 119 Å². The van der Waals surface area contributed by atoms with Crippen molar-refractivity contribution < 1.29 is 14.6 Å². The zero-order valence-electron chi connectivity index (χ0n) is 11.6. The topological polar surface area (TPSA) is 58.6 Å². The fourth-order valence-corrected chi connectivity index (χ4v) is 2.17. The summed E-state index contributed by atoms with van der Waals surface area (Å²) in [6.07, 6.45) is 2.42. The molecule has 1 atom stereocenters. The second kappa shape index (κ2) is 7.09. The Morgan fingerprint density at radius 1 is 1.50 bits per heavy atom. The van der Waals surface area contributed by atoms with Gasteiger partial charge in [-0.25, -0.2) is 0 Å². The molecule has 1 fully saturated rings. The number of benzene rings is 1. The molecule has 0 bridgehead atoms. The van der Waals surface area contributed by atoms with E-state index in [1.165, 1.54) is 0 Å². The third-order valence-corrected chi connectivity index (χ3v) is 3.21. The van der Waals surface area contributed by atoms with Crippen LogP contribution in [-0.2, 0) is 9.53 Å². The number of nitrogens with one attached hydrogen (secondary N) is 1. The Morgan fingerprint density at radius 2 is 2.35 bits per heavy atom. The molecule has 1 aromatic carbocycles. The van der Waals surface area contributed by atoms with Gasteiger partial charge in [-0.2, -0.15) is 0 Å². The van der Waals surface area contributed by atoms with Crippen molar-refractivity contribution >= 4 is 11.6 Å². The number of aryl methyl sites for hydroxylation is 1. The van der Waals surface area contributed by atoms with Crippen LogP contribution in [0.15, 0.2) is 18.2 Å². The zero-order valence-corrected chi connectivity index (χ0v) is 11.6. The molecule has 0 radical (unpaired) electrons. The fourth-order valence-electron chi connectivity index (χ4n) is 2.17. The number of carbonyl (C=O) groups excluding carboxylic acids is 1. The van der Waals surface area contributed by atoms with Crippen molar-refractivity contribution in [1.82, 2.24) is 0 Å². The molecule has 2 rings (SSSR count). The molecule has 0 aliphatic carbocycles. The third kappa shape index (κ3) is 3.83. The van der Waals surface area contributed by atoms with Gasteiger partial charge in [0.1, 0.15) is 12.7 Å². The van der Waals surface area contributed by atoms with Crippen LogP contribution in [0.4, 0.5) is 5.69 Å². The minimum Gasteiger partial charge on any atom is -0.384 e. The fraction of sp³-hybridized carbons (Fsp3) is 0.438. The maximum Gasteiger partial charge on any atom is 0.253 e. The van der Waals surface area contributed by atoms with Gasteiger partial charge in [0.05, 0.1) is 5.69 Å². The number of hydrogen-bond donors (Lipinski definition) is 2. The van der Waals surface area contributed by atoms with E-state index in [0.717, 1.165) is 24.8 Å². The Bertz CT molecular complexity index is 536. The van der Waals surface area contributed by atoms with E-state index in [1.807, 2.05) is 25.1 Å². The van der Waals surface area contributed by atoms with E-state index in [2.05, 4.69) is 17.2 Å². The highest BCUT2D eigenvalue weighted by atomic mass is 16.5. The molecule has 0 aromatic heterocycles. The van der Waals surface area contributed by atoms with Crippen LogP contribution in [0.2, 0.25) is 0 Å². The van der Waals surface area contributed by atoms with Crippen LogP contribution in [0.25, 0.3) is 0 Å². The molecule has 0 spiro atoms. The molecule has 1 unspecified atom stereocenters. The molecular formula is C16H19NO3. The van der Waals surface area contributed by atoms with Crippen molar-refractivity contribution in [1.29, 1.82) is 0 Å². The van der Waals surface area contributed by atoms with Crippen LogP contribution >= 0.6 is 0 Å². The molecular weight excluding hydrogens is 254 g/mol. The van der Waals surface area contributed by atoms with Crippen LogP contribution in [0.3, 0.4) is 0 Å². The van der Waals surface area contributed by atoms with E-state index in [-0.39, 0.29) is 18.6 Å². The van der Waals surface area contributed by atoms with E-state index in [0.29, 0.717) is 17.9 Å². The number of rotatable bonds is 2. The van der Waals surface area contributed by atoms with Gasteiger partial charge in [0.15, 0.2) is 0 Å². The van der Waals surface area contributed by atoms with Gasteiger partial charge in [-0.15, -0.1) is 0 Å². The summed E-state index contributed by atoms with van der Waals surface area (Å²) in [5.41, 5.74) is 2.43. The van der Waals surface area contributed by atoms with Gasteiger partial charge < -0.3 is 15.2 Å². The first-order valence-corrected chi connectivity index (χ1v) is 6.83. The summed E-state index contributed by atoms with van der Waals surface area (Å²) < 4.78 is 5.47. The molecule has 20 heavy (non-hydrogen) atoms. The van der Waals surface area contributed by atoms with E-state index < -0.39 is 0 Å². The quantitative estimate of drug-likeness (QED) is 0.808. The van der Waals surface area contributed by atoms with Gasteiger partial charge in [-0.05, 0) is 43.9 Å². The van der Waals surface area contributed by atoms with Crippen molar-refractivity contribution in [3.05, 3.63) is 29.3 Å². The molecule has 1 aromatic rings. The number of ether oxygens (including phenoxy) is 1. The lowest BCUT2D eigenvalue weighted by atomic mass is 10.1. The highest BCUT2D eigenvalue weighted by Crippen LogP contribution is 2.19. The molecule has 4 heteroatoms. The maximum absolute atomic E-state index is 12.1. The van der Waals surface area contributed by atoms with Crippen molar-refractivity contribution in [2.75, 3.05) is 18.5 Å². The van der Waals surface area contributed by atoms with E-state index in [1.54, 1.807) is 0 Å². The predicted molar refractivity (Wildman–Crippen MR) is 77.4 cm³/mol. The van der Waals surface area contributed by atoms with Gasteiger partial charge in [0.25, 0.3) is 5.91 Å². The van der Waals surface area contributed by atoms with Crippen molar-refractivity contribution in [3.63, 3.8) is 0 Å². The second-order valence-corrected chi connectivity index (χ2v) is 4.85. The summed E-state index contributed by atoms with van der Waals surface area (Å²) in [7, 11) is 0. The molecule has 106 valence electrons. The van der Waals surface area contributed by atoms with Gasteiger partial charge in [-0.1, -0.05) is 17.9 Å². The first-order chi connectivity index (χ1) is 9.70. The SMILES string of the molecule is Cc1ccc(NC(=O)C2CCCCO2)c(C#CCO)c1. The van der Waals surface area contributed by atoms with Crippen LogP contribution in [-0.4, -0.2) is 30.3 Å². The van der Waals surface area contributed by atoms with Crippen LogP contribution in [0.5, 0.6) is 0 Å². The molecule has 1 heterocycles. The monoisotopic (exact) mass is 273 g/mol. The Kier molecular flexibility index (Phi) is 5.16. The minimum atomic E-state index is -0.372. The summed E-state index contributed by atoms with van der Waals surface area (Å²) in [5.74, 6) is 5.34. The molecule has 1 saturated heterocycles. The molecule has 1 amide bonds. The minimum absolute atomic E-state index is 0.124. The second-order valence-electron chi connectivity index (χ2n) is 4.85. The van der Waals surface area contributed by atoms with Crippen molar-refractivity contribution in [2.24, 2.45) is 0 Å². The lowest BCUT2D eigenvalue weighted by molar-refractivity contribution is -0.129.